The number of rotatable bonds is 5. The van der Waals surface area contributed by atoms with Gasteiger partial charge in [0.15, 0.2) is 0 Å². The van der Waals surface area contributed by atoms with E-state index in [1.165, 1.54) is 4.88 Å². The molecule has 3 N–H and O–H groups in total. The SMILES string of the molecule is CCC(C)(C)C(Cc1cncs1)NN. The molecule has 0 spiro atoms. The number of nitrogens with two attached hydrogens (primary N) is 1. The Labute approximate surface area is 89.7 Å². The molecule has 0 saturated heterocycles. The van der Waals surface area contributed by atoms with Crippen LogP contribution in [0.15, 0.2) is 11.7 Å². The van der Waals surface area contributed by atoms with Crippen molar-refractivity contribution in [1.82, 2.24) is 10.4 Å². The van der Waals surface area contributed by atoms with Crippen LogP contribution < -0.4 is 11.3 Å². The summed E-state index contributed by atoms with van der Waals surface area (Å²) in [5, 5.41) is 0. The van der Waals surface area contributed by atoms with Crippen molar-refractivity contribution in [2.24, 2.45) is 11.3 Å². The fourth-order valence-corrected chi connectivity index (χ4v) is 1.99. The molecule has 0 aromatic carbocycles. The molecule has 0 aliphatic rings. The highest BCUT2D eigenvalue weighted by Gasteiger charge is 2.27. The predicted octanol–water partition coefficient (Wildman–Crippen LogP) is 1.95. The van der Waals surface area contributed by atoms with Gasteiger partial charge in [0.05, 0.1) is 5.51 Å². The van der Waals surface area contributed by atoms with Gasteiger partial charge in [-0.05, 0) is 11.8 Å². The molecule has 0 aliphatic heterocycles. The molecule has 1 heterocycles. The molecule has 3 nitrogen and oxygen atoms in total. The average Bonchev–Trinajstić information content (AvgIpc) is 2.66. The van der Waals surface area contributed by atoms with Crippen molar-refractivity contribution in [2.75, 3.05) is 0 Å². The van der Waals surface area contributed by atoms with E-state index < -0.39 is 0 Å². The summed E-state index contributed by atoms with van der Waals surface area (Å²) in [4.78, 5) is 5.35. The molecule has 4 heteroatoms. The summed E-state index contributed by atoms with van der Waals surface area (Å²) in [6.07, 6.45) is 3.99. The number of aromatic nitrogens is 1. The van der Waals surface area contributed by atoms with E-state index >= 15 is 0 Å². The molecule has 0 aliphatic carbocycles. The molecule has 1 rings (SSSR count). The number of nitrogens with zero attached hydrogens (tertiary/aromatic N) is 1. The Morgan fingerprint density at radius 3 is 2.79 bits per heavy atom. The van der Waals surface area contributed by atoms with E-state index in [4.69, 9.17) is 5.84 Å². The van der Waals surface area contributed by atoms with Crippen LogP contribution in [0.1, 0.15) is 32.1 Å². The zero-order valence-electron chi connectivity index (χ0n) is 9.08. The molecule has 1 unspecified atom stereocenters. The summed E-state index contributed by atoms with van der Waals surface area (Å²) >= 11 is 1.69. The van der Waals surface area contributed by atoms with Crippen molar-refractivity contribution >= 4 is 11.3 Å². The van der Waals surface area contributed by atoms with E-state index in [9.17, 15) is 0 Å². The van der Waals surface area contributed by atoms with Crippen molar-refractivity contribution in [3.63, 3.8) is 0 Å². The van der Waals surface area contributed by atoms with Gasteiger partial charge in [-0.25, -0.2) is 0 Å². The molecule has 0 amide bonds. The van der Waals surface area contributed by atoms with Crippen molar-refractivity contribution in [3.05, 3.63) is 16.6 Å². The van der Waals surface area contributed by atoms with E-state index in [2.05, 4.69) is 31.2 Å². The van der Waals surface area contributed by atoms with Gasteiger partial charge in [0.1, 0.15) is 0 Å². The van der Waals surface area contributed by atoms with E-state index in [1.54, 1.807) is 11.3 Å². The third-order valence-electron chi connectivity index (χ3n) is 2.94. The third-order valence-corrected chi connectivity index (χ3v) is 3.75. The van der Waals surface area contributed by atoms with Crippen molar-refractivity contribution in [3.8, 4) is 0 Å². The molecule has 0 bridgehead atoms. The second kappa shape index (κ2) is 4.87. The van der Waals surface area contributed by atoms with E-state index in [1.807, 2.05) is 11.7 Å². The first kappa shape index (κ1) is 11.6. The largest absolute Gasteiger partial charge is 0.271 e. The van der Waals surface area contributed by atoms with Gasteiger partial charge < -0.3 is 0 Å². The number of nitrogens with one attached hydrogen (secondary N) is 1. The van der Waals surface area contributed by atoms with Crippen LogP contribution in [0.2, 0.25) is 0 Å². The predicted molar refractivity (Wildman–Crippen MR) is 61.0 cm³/mol. The lowest BCUT2D eigenvalue weighted by Crippen LogP contribution is -2.46. The number of thiazole rings is 1. The van der Waals surface area contributed by atoms with Crippen molar-refractivity contribution < 1.29 is 0 Å². The molecule has 1 aromatic heterocycles. The Kier molecular flexibility index (Phi) is 4.04. The van der Waals surface area contributed by atoms with E-state index in [0.29, 0.717) is 6.04 Å². The normalized spacial score (nSPS) is 14.3. The smallest absolute Gasteiger partial charge is 0.0794 e. The van der Waals surface area contributed by atoms with Gasteiger partial charge in [-0.15, -0.1) is 11.3 Å². The first-order valence-corrected chi connectivity index (χ1v) is 5.81. The third kappa shape index (κ3) is 2.77. The van der Waals surface area contributed by atoms with Gasteiger partial charge in [-0.2, -0.15) is 0 Å². The second-order valence-electron chi connectivity index (χ2n) is 4.23. The van der Waals surface area contributed by atoms with Gasteiger partial charge >= 0.3 is 0 Å². The fraction of sp³-hybridized carbons (Fsp3) is 0.700. The summed E-state index contributed by atoms with van der Waals surface area (Å²) in [6, 6.07) is 0.313. The molecule has 0 fully saturated rings. The highest BCUT2D eigenvalue weighted by molar-refractivity contribution is 7.09. The minimum atomic E-state index is 0.221. The summed E-state index contributed by atoms with van der Waals surface area (Å²) in [5.74, 6) is 5.59. The Morgan fingerprint density at radius 1 is 1.64 bits per heavy atom. The molecule has 1 atom stereocenters. The van der Waals surface area contributed by atoms with Crippen molar-refractivity contribution in [2.45, 2.75) is 39.7 Å². The van der Waals surface area contributed by atoms with Crippen LogP contribution in [0.4, 0.5) is 0 Å². The number of hydrogen-bond donors (Lipinski definition) is 2. The standard InChI is InChI=1S/C10H19N3S/c1-4-10(2,3)9(13-11)5-8-6-12-7-14-8/h6-7,9,13H,4-5,11H2,1-3H3. The topological polar surface area (TPSA) is 50.9 Å². The van der Waals surface area contributed by atoms with Crippen LogP contribution in [-0.4, -0.2) is 11.0 Å². The number of hydrogen-bond acceptors (Lipinski definition) is 4. The monoisotopic (exact) mass is 213 g/mol. The quantitative estimate of drug-likeness (QED) is 0.580. The van der Waals surface area contributed by atoms with Crippen LogP contribution >= 0.6 is 11.3 Å². The minimum absolute atomic E-state index is 0.221. The Morgan fingerprint density at radius 2 is 2.36 bits per heavy atom. The Bertz CT molecular complexity index is 256. The van der Waals surface area contributed by atoms with Gasteiger partial charge in [-0.3, -0.25) is 16.3 Å². The van der Waals surface area contributed by atoms with Gasteiger partial charge in [0.2, 0.25) is 0 Å². The van der Waals surface area contributed by atoms with Gasteiger partial charge in [-0.1, -0.05) is 20.8 Å². The molecule has 0 saturated carbocycles. The zero-order chi connectivity index (χ0) is 10.6. The lowest BCUT2D eigenvalue weighted by Gasteiger charge is -2.32. The summed E-state index contributed by atoms with van der Waals surface area (Å²) in [7, 11) is 0. The first-order valence-electron chi connectivity index (χ1n) is 4.93. The lowest BCUT2D eigenvalue weighted by molar-refractivity contribution is 0.232. The maximum atomic E-state index is 5.59. The van der Waals surface area contributed by atoms with Crippen LogP contribution in [-0.2, 0) is 6.42 Å². The average molecular weight is 213 g/mol. The lowest BCUT2D eigenvalue weighted by atomic mass is 9.80. The fourth-order valence-electron chi connectivity index (χ4n) is 1.35. The molecular formula is C10H19N3S. The van der Waals surface area contributed by atoms with E-state index in [0.717, 1.165) is 12.8 Å². The second-order valence-corrected chi connectivity index (χ2v) is 5.20. The van der Waals surface area contributed by atoms with Crippen LogP contribution in [0.3, 0.4) is 0 Å². The minimum Gasteiger partial charge on any atom is -0.271 e. The highest BCUT2D eigenvalue weighted by Crippen LogP contribution is 2.27. The van der Waals surface area contributed by atoms with Crippen molar-refractivity contribution in [1.29, 1.82) is 0 Å². The summed E-state index contributed by atoms with van der Waals surface area (Å²) in [6.45, 7) is 6.66. The van der Waals surface area contributed by atoms with E-state index in [-0.39, 0.29) is 5.41 Å². The molecule has 0 radical (unpaired) electrons. The highest BCUT2D eigenvalue weighted by atomic mass is 32.1. The van der Waals surface area contributed by atoms with Crippen LogP contribution in [0, 0.1) is 5.41 Å². The summed E-state index contributed by atoms with van der Waals surface area (Å²) in [5.41, 5.74) is 4.99. The number of hydrazine groups is 1. The van der Waals surface area contributed by atoms with Gasteiger partial charge in [0.25, 0.3) is 0 Å². The maximum absolute atomic E-state index is 5.59. The Balaban J connectivity index is 2.64. The molecule has 1 aromatic rings. The molecule has 80 valence electrons. The zero-order valence-corrected chi connectivity index (χ0v) is 9.90. The maximum Gasteiger partial charge on any atom is 0.0794 e. The first-order chi connectivity index (χ1) is 6.60. The summed E-state index contributed by atoms with van der Waals surface area (Å²) < 4.78 is 0. The Hall–Kier alpha value is -0.450. The molecule has 14 heavy (non-hydrogen) atoms. The molecular weight excluding hydrogens is 194 g/mol. The van der Waals surface area contributed by atoms with Crippen LogP contribution in [0.5, 0.6) is 0 Å². The van der Waals surface area contributed by atoms with Gasteiger partial charge in [0, 0.05) is 23.5 Å². The van der Waals surface area contributed by atoms with Crippen LogP contribution in [0.25, 0.3) is 0 Å².